The van der Waals surface area contributed by atoms with E-state index in [1.807, 2.05) is 30.3 Å². The predicted octanol–water partition coefficient (Wildman–Crippen LogP) is 2.52. The van der Waals surface area contributed by atoms with E-state index >= 15 is 0 Å². The van der Waals surface area contributed by atoms with E-state index < -0.39 is 6.09 Å². The van der Waals surface area contributed by atoms with Gasteiger partial charge in [-0.05, 0) is 36.4 Å². The molecule has 3 atom stereocenters. The van der Waals surface area contributed by atoms with Crippen molar-refractivity contribution in [3.63, 3.8) is 0 Å². The second-order valence-corrected chi connectivity index (χ2v) is 10.5. The first-order chi connectivity index (χ1) is 18.5. The normalized spacial score (nSPS) is 23.3. The van der Waals surface area contributed by atoms with Crippen LogP contribution in [0.5, 0.6) is 11.6 Å². The van der Waals surface area contributed by atoms with Gasteiger partial charge in [0.1, 0.15) is 24.3 Å². The Hall–Kier alpha value is -3.61. The molecular formula is C26H27N5O6S. The van der Waals surface area contributed by atoms with Crippen LogP contribution in [0.25, 0.3) is 10.9 Å². The van der Waals surface area contributed by atoms with Gasteiger partial charge in [0.15, 0.2) is 0 Å². The number of thioether (sulfide) groups is 1. The fourth-order valence-electron chi connectivity index (χ4n) is 5.16. The van der Waals surface area contributed by atoms with Crippen molar-refractivity contribution in [1.82, 2.24) is 14.9 Å². The van der Waals surface area contributed by atoms with Crippen LogP contribution in [-0.2, 0) is 9.53 Å². The minimum absolute atomic E-state index is 0.0369. The van der Waals surface area contributed by atoms with Gasteiger partial charge in [-0.2, -0.15) is 0 Å². The van der Waals surface area contributed by atoms with Crippen molar-refractivity contribution in [3.05, 3.63) is 42.7 Å². The highest BCUT2D eigenvalue weighted by molar-refractivity contribution is 8.00. The van der Waals surface area contributed by atoms with Crippen LogP contribution < -0.4 is 19.7 Å². The standard InChI is InChI=1S/C26H27N5O6S/c1-35-17-3-4-21-20(8-17)25(28-14-27-21)36-18-6-16(12-32)30(9-18)10-19-11-31(26(34)37-19)15-2-5-23-22(7-15)29-24(33)13-38-23/h2-5,7-8,14,16,18-19,32H,6,9-13H2,1H3,(H,29,33)/t16-,18-,19+/m0/s1. The molecule has 0 spiro atoms. The molecular weight excluding hydrogens is 510 g/mol. The van der Waals surface area contributed by atoms with E-state index in [2.05, 4.69) is 20.2 Å². The molecule has 3 aliphatic heterocycles. The molecule has 0 radical (unpaired) electrons. The fraction of sp³-hybridized carbons (Fsp3) is 0.385. The van der Waals surface area contributed by atoms with Crippen LogP contribution in [0.4, 0.5) is 16.2 Å². The number of rotatable bonds is 7. The van der Waals surface area contributed by atoms with Crippen molar-refractivity contribution in [2.75, 3.05) is 49.3 Å². The molecule has 2 N–H and O–H groups in total. The monoisotopic (exact) mass is 537 g/mol. The van der Waals surface area contributed by atoms with Crippen LogP contribution in [0.3, 0.4) is 0 Å². The third-order valence-electron chi connectivity index (χ3n) is 7.00. The molecule has 4 heterocycles. The van der Waals surface area contributed by atoms with Crippen LogP contribution in [0.2, 0.25) is 0 Å². The Morgan fingerprint density at radius 2 is 2.08 bits per heavy atom. The van der Waals surface area contributed by atoms with E-state index in [-0.39, 0.29) is 30.8 Å². The zero-order valence-corrected chi connectivity index (χ0v) is 21.5. The molecule has 2 fully saturated rings. The number of hydrogen-bond donors (Lipinski definition) is 2. The van der Waals surface area contributed by atoms with E-state index in [9.17, 15) is 14.7 Å². The summed E-state index contributed by atoms with van der Waals surface area (Å²) in [5, 5.41) is 13.7. The highest BCUT2D eigenvalue weighted by Gasteiger charge is 2.39. The van der Waals surface area contributed by atoms with Gasteiger partial charge in [0, 0.05) is 36.1 Å². The minimum atomic E-state index is -0.432. The molecule has 0 bridgehead atoms. The van der Waals surface area contributed by atoms with Crippen molar-refractivity contribution in [2.45, 2.75) is 29.6 Å². The van der Waals surface area contributed by atoms with Crippen molar-refractivity contribution in [2.24, 2.45) is 0 Å². The maximum atomic E-state index is 12.7. The number of hydrogen-bond acceptors (Lipinski definition) is 10. The predicted molar refractivity (Wildman–Crippen MR) is 141 cm³/mol. The molecule has 0 aliphatic carbocycles. The summed E-state index contributed by atoms with van der Waals surface area (Å²) >= 11 is 1.47. The number of cyclic esters (lactones) is 1. The Labute approximate surface area is 223 Å². The number of likely N-dealkylation sites (tertiary alicyclic amines) is 1. The third kappa shape index (κ3) is 4.82. The van der Waals surface area contributed by atoms with Crippen LogP contribution in [-0.4, -0.2) is 89.3 Å². The minimum Gasteiger partial charge on any atom is -0.497 e. The van der Waals surface area contributed by atoms with Gasteiger partial charge < -0.3 is 24.6 Å². The molecule has 38 heavy (non-hydrogen) atoms. The van der Waals surface area contributed by atoms with Gasteiger partial charge in [0.2, 0.25) is 11.8 Å². The van der Waals surface area contributed by atoms with Crippen LogP contribution in [0, 0.1) is 0 Å². The van der Waals surface area contributed by atoms with E-state index in [4.69, 9.17) is 14.2 Å². The zero-order chi connectivity index (χ0) is 26.2. The number of aliphatic hydroxyl groups excluding tert-OH is 1. The summed E-state index contributed by atoms with van der Waals surface area (Å²) in [6.45, 7) is 1.35. The van der Waals surface area contributed by atoms with Crippen molar-refractivity contribution >= 4 is 46.0 Å². The van der Waals surface area contributed by atoms with E-state index in [0.29, 0.717) is 54.8 Å². The first-order valence-corrected chi connectivity index (χ1v) is 13.3. The zero-order valence-electron chi connectivity index (χ0n) is 20.7. The molecule has 2 amide bonds. The molecule has 0 unspecified atom stereocenters. The molecule has 0 saturated carbocycles. The average molecular weight is 538 g/mol. The topological polar surface area (TPSA) is 126 Å². The second-order valence-electron chi connectivity index (χ2n) is 9.46. The van der Waals surface area contributed by atoms with Crippen LogP contribution in [0.15, 0.2) is 47.6 Å². The first-order valence-electron chi connectivity index (χ1n) is 12.4. The maximum Gasteiger partial charge on any atom is 0.414 e. The van der Waals surface area contributed by atoms with E-state index in [0.717, 1.165) is 15.8 Å². The summed E-state index contributed by atoms with van der Waals surface area (Å²) in [6.07, 6.45) is 1.07. The van der Waals surface area contributed by atoms with Crippen molar-refractivity contribution in [1.29, 1.82) is 0 Å². The molecule has 198 valence electrons. The number of carbonyl (C=O) groups is 2. The van der Waals surface area contributed by atoms with Gasteiger partial charge in [-0.25, -0.2) is 14.8 Å². The summed E-state index contributed by atoms with van der Waals surface area (Å²) in [4.78, 5) is 37.8. The average Bonchev–Trinajstić information content (AvgIpc) is 3.50. The van der Waals surface area contributed by atoms with Gasteiger partial charge in [-0.1, -0.05) is 0 Å². The number of methoxy groups -OCH3 is 1. The highest BCUT2D eigenvalue weighted by atomic mass is 32.2. The summed E-state index contributed by atoms with van der Waals surface area (Å²) in [5.41, 5.74) is 2.13. The number of benzene rings is 2. The molecule has 3 aromatic rings. The molecule has 3 aliphatic rings. The lowest BCUT2D eigenvalue weighted by molar-refractivity contribution is -0.113. The van der Waals surface area contributed by atoms with Crippen molar-refractivity contribution < 1.29 is 28.9 Å². The number of aromatic nitrogens is 2. The van der Waals surface area contributed by atoms with Gasteiger partial charge >= 0.3 is 6.09 Å². The number of nitrogens with one attached hydrogen (secondary N) is 1. The molecule has 2 saturated heterocycles. The van der Waals surface area contributed by atoms with Crippen molar-refractivity contribution in [3.8, 4) is 11.6 Å². The Morgan fingerprint density at radius 1 is 1.18 bits per heavy atom. The number of fused-ring (bicyclic) bond motifs is 2. The van der Waals surface area contributed by atoms with Gasteiger partial charge in [0.05, 0.1) is 42.6 Å². The van der Waals surface area contributed by atoms with Gasteiger partial charge in [-0.3, -0.25) is 14.6 Å². The summed E-state index contributed by atoms with van der Waals surface area (Å²) < 4.78 is 17.3. The van der Waals surface area contributed by atoms with Crippen LogP contribution >= 0.6 is 11.8 Å². The quantitative estimate of drug-likeness (QED) is 0.464. The largest absolute Gasteiger partial charge is 0.497 e. The van der Waals surface area contributed by atoms with E-state index in [1.54, 1.807) is 18.1 Å². The van der Waals surface area contributed by atoms with Gasteiger partial charge in [-0.15, -0.1) is 11.8 Å². The molecule has 6 rings (SSSR count). The summed E-state index contributed by atoms with van der Waals surface area (Å²) in [5.74, 6) is 1.48. The first kappa shape index (κ1) is 24.7. The Morgan fingerprint density at radius 3 is 2.92 bits per heavy atom. The fourth-order valence-corrected chi connectivity index (χ4v) is 5.94. The summed E-state index contributed by atoms with van der Waals surface area (Å²) in [6, 6.07) is 11.0. The molecule has 11 nitrogen and oxygen atoms in total. The SMILES string of the molecule is COc1ccc2ncnc(O[C@H]3C[C@@H](CO)N(C[C@@H]4CN(c5ccc6c(c5)NC(=O)CS6)C(=O)O4)C3)c2c1. The lowest BCUT2D eigenvalue weighted by atomic mass is 10.2. The molecule has 2 aromatic carbocycles. The Bertz CT molecular complexity index is 1390. The maximum absolute atomic E-state index is 12.7. The number of carbonyl (C=O) groups excluding carboxylic acids is 2. The Balaban J connectivity index is 1.12. The number of anilines is 2. The number of nitrogens with zero attached hydrogens (tertiary/aromatic N) is 4. The lowest BCUT2D eigenvalue weighted by Gasteiger charge is -2.24. The van der Waals surface area contributed by atoms with E-state index in [1.165, 1.54) is 18.1 Å². The second kappa shape index (κ2) is 10.3. The number of ether oxygens (including phenoxy) is 3. The summed E-state index contributed by atoms with van der Waals surface area (Å²) in [7, 11) is 1.60. The smallest absolute Gasteiger partial charge is 0.414 e. The van der Waals surface area contributed by atoms with Gasteiger partial charge in [0.25, 0.3) is 0 Å². The number of amides is 2. The third-order valence-corrected chi connectivity index (χ3v) is 8.08. The Kier molecular flexibility index (Phi) is 6.68. The number of aliphatic hydroxyl groups is 1. The van der Waals surface area contributed by atoms with Crippen LogP contribution in [0.1, 0.15) is 6.42 Å². The highest BCUT2D eigenvalue weighted by Crippen LogP contribution is 2.36. The molecule has 1 aromatic heterocycles. The molecule has 12 heteroatoms. The lowest BCUT2D eigenvalue weighted by Crippen LogP contribution is -2.40.